The third-order valence-corrected chi connectivity index (χ3v) is 2.85. The molecule has 0 aliphatic carbocycles. The number of morpholine rings is 1. The average molecular weight is 264 g/mol. The molecule has 7 nitrogen and oxygen atoms in total. The number of non-ortho nitro benzene ring substituents is 1. The summed E-state index contributed by atoms with van der Waals surface area (Å²) < 4.78 is 5.00. The molecule has 0 unspecified atom stereocenters. The van der Waals surface area contributed by atoms with Crippen molar-refractivity contribution in [2.24, 2.45) is 0 Å². The third-order valence-electron chi connectivity index (χ3n) is 2.85. The Morgan fingerprint density at radius 1 is 1.47 bits per heavy atom. The number of hydrogen-bond acceptors (Lipinski definition) is 5. The van der Waals surface area contributed by atoms with E-state index in [4.69, 9.17) is 4.74 Å². The van der Waals surface area contributed by atoms with E-state index in [9.17, 15) is 19.7 Å². The van der Waals surface area contributed by atoms with Crippen molar-refractivity contribution in [3.8, 4) is 0 Å². The Labute approximate surface area is 108 Å². The summed E-state index contributed by atoms with van der Waals surface area (Å²) in [5.74, 6) is -0.557. The molecule has 1 amide bonds. The summed E-state index contributed by atoms with van der Waals surface area (Å²) in [5.41, 5.74) is 0.412. The van der Waals surface area contributed by atoms with Crippen LogP contribution in [0.1, 0.15) is 17.3 Å². The summed E-state index contributed by atoms with van der Waals surface area (Å²) in [4.78, 5) is 34.9. The van der Waals surface area contributed by atoms with E-state index in [1.54, 1.807) is 0 Å². The number of ketones is 1. The Balaban J connectivity index is 2.50. The van der Waals surface area contributed by atoms with Gasteiger partial charge in [0.1, 0.15) is 6.61 Å². The molecule has 100 valence electrons. The number of nitro groups is 1. The van der Waals surface area contributed by atoms with E-state index < -0.39 is 4.92 Å². The van der Waals surface area contributed by atoms with Gasteiger partial charge in [0.25, 0.3) is 11.6 Å². The highest BCUT2D eigenvalue weighted by atomic mass is 16.6. The van der Waals surface area contributed by atoms with E-state index in [0.717, 1.165) is 0 Å². The number of rotatable bonds is 3. The zero-order valence-electron chi connectivity index (χ0n) is 10.3. The van der Waals surface area contributed by atoms with E-state index in [-0.39, 0.29) is 36.2 Å². The molecule has 1 aromatic carbocycles. The topological polar surface area (TPSA) is 89.8 Å². The van der Waals surface area contributed by atoms with Gasteiger partial charge < -0.3 is 9.64 Å². The Morgan fingerprint density at radius 2 is 2.21 bits per heavy atom. The SMILES string of the molecule is CC(=O)c1ccc([N+](=O)[O-])cc1N1CCOCC1=O. The lowest BCUT2D eigenvalue weighted by atomic mass is 10.1. The van der Waals surface area contributed by atoms with Crippen molar-refractivity contribution in [1.29, 1.82) is 0 Å². The fraction of sp³-hybridized carbons (Fsp3) is 0.333. The van der Waals surface area contributed by atoms with Crippen LogP contribution in [0.3, 0.4) is 0 Å². The Kier molecular flexibility index (Phi) is 3.57. The second-order valence-corrected chi connectivity index (χ2v) is 4.11. The van der Waals surface area contributed by atoms with Gasteiger partial charge in [-0.05, 0) is 13.0 Å². The van der Waals surface area contributed by atoms with E-state index in [1.807, 2.05) is 0 Å². The Morgan fingerprint density at radius 3 is 2.79 bits per heavy atom. The van der Waals surface area contributed by atoms with Crippen LogP contribution >= 0.6 is 0 Å². The predicted molar refractivity (Wildman–Crippen MR) is 66.3 cm³/mol. The minimum atomic E-state index is -0.557. The number of nitrogens with zero attached hydrogens (tertiary/aromatic N) is 2. The molecular weight excluding hydrogens is 252 g/mol. The number of ether oxygens (including phenoxy) is 1. The summed E-state index contributed by atoms with van der Waals surface area (Å²) >= 11 is 0. The van der Waals surface area contributed by atoms with Gasteiger partial charge in [0.05, 0.1) is 17.2 Å². The smallest absolute Gasteiger partial charge is 0.271 e. The van der Waals surface area contributed by atoms with Crippen LogP contribution in [0.15, 0.2) is 18.2 Å². The Bertz CT molecular complexity index is 555. The lowest BCUT2D eigenvalue weighted by molar-refractivity contribution is -0.384. The number of amides is 1. The number of anilines is 1. The lowest BCUT2D eigenvalue weighted by Crippen LogP contribution is -2.42. The van der Waals surface area contributed by atoms with Crippen molar-refractivity contribution >= 4 is 23.1 Å². The number of carbonyl (C=O) groups is 2. The van der Waals surface area contributed by atoms with E-state index in [1.165, 1.54) is 30.0 Å². The molecule has 0 saturated carbocycles. The molecule has 0 radical (unpaired) electrons. The van der Waals surface area contributed by atoms with Crippen molar-refractivity contribution in [2.75, 3.05) is 24.7 Å². The van der Waals surface area contributed by atoms with Crippen LogP contribution in [0.25, 0.3) is 0 Å². The van der Waals surface area contributed by atoms with Crippen molar-refractivity contribution < 1.29 is 19.2 Å². The number of Topliss-reactive ketones (excluding diaryl/α,β-unsaturated/α-hetero) is 1. The van der Waals surface area contributed by atoms with Gasteiger partial charge in [-0.1, -0.05) is 0 Å². The minimum absolute atomic E-state index is 0.0833. The molecule has 1 fully saturated rings. The second-order valence-electron chi connectivity index (χ2n) is 4.11. The van der Waals surface area contributed by atoms with E-state index in [0.29, 0.717) is 12.2 Å². The summed E-state index contributed by atoms with van der Waals surface area (Å²) in [6.45, 7) is 1.89. The van der Waals surface area contributed by atoms with Crippen LogP contribution in [0.4, 0.5) is 11.4 Å². The van der Waals surface area contributed by atoms with Crippen LogP contribution in [0.2, 0.25) is 0 Å². The van der Waals surface area contributed by atoms with Gasteiger partial charge in [0, 0.05) is 24.2 Å². The fourth-order valence-corrected chi connectivity index (χ4v) is 1.93. The molecule has 1 heterocycles. The maximum Gasteiger partial charge on any atom is 0.271 e. The molecule has 1 aliphatic heterocycles. The van der Waals surface area contributed by atoms with Gasteiger partial charge in [0.2, 0.25) is 0 Å². The molecule has 1 aliphatic rings. The van der Waals surface area contributed by atoms with Crippen LogP contribution in [0, 0.1) is 10.1 Å². The highest BCUT2D eigenvalue weighted by Gasteiger charge is 2.25. The van der Waals surface area contributed by atoms with Gasteiger partial charge >= 0.3 is 0 Å². The van der Waals surface area contributed by atoms with Crippen molar-refractivity contribution in [3.63, 3.8) is 0 Å². The fourth-order valence-electron chi connectivity index (χ4n) is 1.93. The van der Waals surface area contributed by atoms with Crippen LogP contribution < -0.4 is 4.90 Å². The van der Waals surface area contributed by atoms with Crippen LogP contribution in [-0.2, 0) is 9.53 Å². The molecule has 0 aromatic heterocycles. The summed E-state index contributed by atoms with van der Waals surface area (Å²) in [5, 5.41) is 10.8. The van der Waals surface area contributed by atoms with Crippen molar-refractivity contribution in [3.05, 3.63) is 33.9 Å². The van der Waals surface area contributed by atoms with E-state index in [2.05, 4.69) is 0 Å². The number of benzene rings is 1. The molecule has 0 N–H and O–H groups in total. The van der Waals surface area contributed by atoms with Gasteiger partial charge in [-0.15, -0.1) is 0 Å². The molecular formula is C12H12N2O5. The largest absolute Gasteiger partial charge is 0.370 e. The standard InChI is InChI=1S/C12H12N2O5/c1-8(15)10-3-2-9(14(17)18)6-11(10)13-4-5-19-7-12(13)16/h2-3,6H,4-5,7H2,1H3. The maximum atomic E-state index is 11.8. The van der Waals surface area contributed by atoms with Crippen molar-refractivity contribution in [1.82, 2.24) is 0 Å². The first-order chi connectivity index (χ1) is 9.00. The molecule has 0 atom stereocenters. The zero-order chi connectivity index (χ0) is 14.0. The number of nitro benzene ring substituents is 1. The molecule has 1 saturated heterocycles. The van der Waals surface area contributed by atoms with Crippen LogP contribution in [-0.4, -0.2) is 36.4 Å². The van der Waals surface area contributed by atoms with Gasteiger partial charge in [-0.3, -0.25) is 19.7 Å². The van der Waals surface area contributed by atoms with Gasteiger partial charge in [-0.25, -0.2) is 0 Å². The Hall–Kier alpha value is -2.28. The van der Waals surface area contributed by atoms with Gasteiger partial charge in [0.15, 0.2) is 5.78 Å². The van der Waals surface area contributed by atoms with Crippen LogP contribution in [0.5, 0.6) is 0 Å². The molecule has 19 heavy (non-hydrogen) atoms. The van der Waals surface area contributed by atoms with Crippen molar-refractivity contribution in [2.45, 2.75) is 6.92 Å². The minimum Gasteiger partial charge on any atom is -0.370 e. The number of hydrogen-bond donors (Lipinski definition) is 0. The zero-order valence-corrected chi connectivity index (χ0v) is 10.3. The summed E-state index contributed by atoms with van der Waals surface area (Å²) in [6.07, 6.45) is 0. The third kappa shape index (κ3) is 2.60. The first kappa shape index (κ1) is 13.2. The molecule has 0 bridgehead atoms. The highest BCUT2D eigenvalue weighted by molar-refractivity contribution is 6.05. The summed E-state index contributed by atoms with van der Waals surface area (Å²) in [7, 11) is 0. The first-order valence-corrected chi connectivity index (χ1v) is 5.68. The maximum absolute atomic E-state index is 11.8. The normalized spacial score (nSPS) is 15.4. The lowest BCUT2D eigenvalue weighted by Gasteiger charge is -2.28. The first-order valence-electron chi connectivity index (χ1n) is 5.68. The van der Waals surface area contributed by atoms with E-state index >= 15 is 0 Å². The molecule has 2 rings (SSSR count). The summed E-state index contributed by atoms with van der Waals surface area (Å²) in [6, 6.07) is 3.88. The predicted octanol–water partition coefficient (Wildman–Crippen LogP) is 1.16. The number of carbonyl (C=O) groups excluding carboxylic acids is 2. The highest BCUT2D eigenvalue weighted by Crippen LogP contribution is 2.27. The monoisotopic (exact) mass is 264 g/mol. The van der Waals surface area contributed by atoms with Gasteiger partial charge in [-0.2, -0.15) is 0 Å². The quantitative estimate of drug-likeness (QED) is 0.464. The molecule has 0 spiro atoms. The molecule has 1 aromatic rings. The molecule has 7 heteroatoms. The second kappa shape index (κ2) is 5.15. The average Bonchev–Trinajstić information content (AvgIpc) is 2.38.